The minimum atomic E-state index is -4.73. The first kappa shape index (κ1) is 20.4. The highest BCUT2D eigenvalue weighted by atomic mass is 19.4. The molecule has 0 spiro atoms. The van der Waals surface area contributed by atoms with Crippen molar-refractivity contribution >= 4 is 5.91 Å². The van der Waals surface area contributed by atoms with E-state index in [1.165, 1.54) is 24.3 Å². The summed E-state index contributed by atoms with van der Waals surface area (Å²) in [5, 5.41) is 0. The third kappa shape index (κ3) is 5.20. The first-order valence-electron chi connectivity index (χ1n) is 9.43. The lowest BCUT2D eigenvalue weighted by Gasteiger charge is -2.28. The lowest BCUT2D eigenvalue weighted by Crippen LogP contribution is -2.37. The quantitative estimate of drug-likeness (QED) is 0.599. The van der Waals surface area contributed by atoms with Gasteiger partial charge in [0.15, 0.2) is 0 Å². The van der Waals surface area contributed by atoms with Crippen molar-refractivity contribution in [2.75, 3.05) is 6.54 Å². The van der Waals surface area contributed by atoms with E-state index in [-0.39, 0.29) is 11.7 Å². The average molecular weight is 423 g/mol. The predicted octanol–water partition coefficient (Wildman–Crippen LogP) is 3.97. The van der Waals surface area contributed by atoms with Gasteiger partial charge in [-0.25, -0.2) is 9.97 Å². The first-order chi connectivity index (χ1) is 14.9. The zero-order valence-corrected chi connectivity index (χ0v) is 16.2. The summed E-state index contributed by atoms with van der Waals surface area (Å²) in [5.74, 6) is 6.01. The molecule has 2 heterocycles. The lowest BCUT2D eigenvalue weighted by atomic mass is 9.96. The van der Waals surface area contributed by atoms with Gasteiger partial charge in [-0.1, -0.05) is 17.9 Å². The summed E-state index contributed by atoms with van der Waals surface area (Å²) in [4.78, 5) is 23.0. The summed E-state index contributed by atoms with van der Waals surface area (Å²) in [5.41, 5.74) is 2.71. The van der Waals surface area contributed by atoms with Crippen LogP contribution in [0.1, 0.15) is 32.9 Å². The maximum atomic E-state index is 12.9. The minimum Gasteiger partial charge on any atom is -0.406 e. The van der Waals surface area contributed by atoms with Gasteiger partial charge in [0.1, 0.15) is 11.6 Å². The molecule has 0 atom stereocenters. The Balaban J connectivity index is 1.50. The second kappa shape index (κ2) is 8.48. The molecule has 1 amide bonds. The monoisotopic (exact) mass is 423 g/mol. The second-order valence-corrected chi connectivity index (χ2v) is 6.84. The standard InChI is InChI=1S/C23H16F3N3O2/c24-23(25,26)31-19-8-5-16(6-9-19)2-3-17-4-7-18-10-13-29(22(30)20(18)14-17)15-21-27-11-1-12-28-21/h1,4-9,11-12,14H,10,13,15H2. The zero-order valence-electron chi connectivity index (χ0n) is 16.2. The van der Waals surface area contributed by atoms with Crippen LogP contribution in [0.5, 0.6) is 5.75 Å². The largest absolute Gasteiger partial charge is 0.573 e. The molecule has 0 fully saturated rings. The molecule has 8 heteroatoms. The Morgan fingerprint density at radius 3 is 2.39 bits per heavy atom. The summed E-state index contributed by atoms with van der Waals surface area (Å²) >= 11 is 0. The molecule has 2 aromatic carbocycles. The Labute approximate surface area is 176 Å². The van der Waals surface area contributed by atoms with Crippen molar-refractivity contribution in [2.45, 2.75) is 19.3 Å². The minimum absolute atomic E-state index is 0.106. The summed E-state index contributed by atoms with van der Waals surface area (Å²) in [7, 11) is 0. The van der Waals surface area contributed by atoms with E-state index < -0.39 is 6.36 Å². The second-order valence-electron chi connectivity index (χ2n) is 6.84. The normalized spacial score (nSPS) is 13.3. The smallest absolute Gasteiger partial charge is 0.406 e. The van der Waals surface area contributed by atoms with Crippen LogP contribution in [0, 0.1) is 11.8 Å². The SMILES string of the molecule is O=C1c2cc(C#Cc3ccc(OC(F)(F)F)cc3)ccc2CCN1Cc1ncccn1. The van der Waals surface area contributed by atoms with E-state index in [2.05, 4.69) is 26.5 Å². The number of carbonyl (C=O) groups is 1. The fourth-order valence-corrected chi connectivity index (χ4v) is 3.22. The zero-order chi connectivity index (χ0) is 21.8. The molecule has 1 aliphatic heterocycles. The van der Waals surface area contributed by atoms with Gasteiger partial charge in [-0.05, 0) is 54.4 Å². The molecular weight excluding hydrogens is 407 g/mol. The van der Waals surface area contributed by atoms with Gasteiger partial charge in [0.05, 0.1) is 6.54 Å². The van der Waals surface area contributed by atoms with Crippen LogP contribution in [0.3, 0.4) is 0 Å². The number of amides is 1. The van der Waals surface area contributed by atoms with E-state index in [1.807, 2.05) is 12.1 Å². The molecule has 0 unspecified atom stereocenters. The highest BCUT2D eigenvalue weighted by Crippen LogP contribution is 2.23. The van der Waals surface area contributed by atoms with E-state index in [4.69, 9.17) is 0 Å². The summed E-state index contributed by atoms with van der Waals surface area (Å²) in [6, 6.07) is 12.5. The Morgan fingerprint density at radius 1 is 1.00 bits per heavy atom. The van der Waals surface area contributed by atoms with Crippen LogP contribution in [0.4, 0.5) is 13.2 Å². The molecule has 0 saturated heterocycles. The topological polar surface area (TPSA) is 55.3 Å². The van der Waals surface area contributed by atoms with Crippen LogP contribution >= 0.6 is 0 Å². The Bertz CT molecular complexity index is 1150. The molecule has 0 aliphatic carbocycles. The number of hydrogen-bond acceptors (Lipinski definition) is 4. The number of nitrogens with zero attached hydrogens (tertiary/aromatic N) is 3. The fourth-order valence-electron chi connectivity index (χ4n) is 3.22. The number of rotatable bonds is 3. The molecule has 4 rings (SSSR count). The van der Waals surface area contributed by atoms with Crippen LogP contribution in [0.15, 0.2) is 60.9 Å². The Hall–Kier alpha value is -3.86. The molecule has 1 aliphatic rings. The first-order valence-corrected chi connectivity index (χ1v) is 9.43. The molecular formula is C23H16F3N3O2. The number of benzene rings is 2. The predicted molar refractivity (Wildman–Crippen MR) is 106 cm³/mol. The summed E-state index contributed by atoms with van der Waals surface area (Å²) in [6.07, 6.45) is -0.730. The van der Waals surface area contributed by atoms with Crippen molar-refractivity contribution in [3.8, 4) is 17.6 Å². The van der Waals surface area contributed by atoms with Gasteiger partial charge >= 0.3 is 6.36 Å². The highest BCUT2D eigenvalue weighted by Gasteiger charge is 2.31. The molecule has 0 saturated carbocycles. The van der Waals surface area contributed by atoms with Crippen molar-refractivity contribution in [1.82, 2.24) is 14.9 Å². The Kier molecular flexibility index (Phi) is 5.58. The summed E-state index contributed by atoms with van der Waals surface area (Å²) in [6.45, 7) is 0.919. The molecule has 0 radical (unpaired) electrons. The molecule has 0 N–H and O–H groups in total. The van der Waals surface area contributed by atoms with Gasteiger partial charge in [0, 0.05) is 35.6 Å². The number of aromatic nitrogens is 2. The number of ether oxygens (including phenoxy) is 1. The van der Waals surface area contributed by atoms with Crippen LogP contribution in [-0.4, -0.2) is 33.7 Å². The number of fused-ring (bicyclic) bond motifs is 1. The van der Waals surface area contributed by atoms with Gasteiger partial charge in [-0.15, -0.1) is 13.2 Å². The van der Waals surface area contributed by atoms with E-state index in [9.17, 15) is 18.0 Å². The lowest BCUT2D eigenvalue weighted by molar-refractivity contribution is -0.274. The van der Waals surface area contributed by atoms with Crippen LogP contribution in [-0.2, 0) is 13.0 Å². The maximum absolute atomic E-state index is 12.9. The number of alkyl halides is 3. The van der Waals surface area contributed by atoms with Gasteiger partial charge in [0.2, 0.25) is 0 Å². The van der Waals surface area contributed by atoms with E-state index in [0.29, 0.717) is 35.6 Å². The third-order valence-electron chi connectivity index (χ3n) is 4.67. The van der Waals surface area contributed by atoms with E-state index in [1.54, 1.807) is 29.4 Å². The maximum Gasteiger partial charge on any atom is 0.573 e. The van der Waals surface area contributed by atoms with Gasteiger partial charge < -0.3 is 9.64 Å². The van der Waals surface area contributed by atoms with Gasteiger partial charge in [-0.3, -0.25) is 4.79 Å². The van der Waals surface area contributed by atoms with Crippen LogP contribution in [0.25, 0.3) is 0 Å². The molecule has 0 bridgehead atoms. The number of halogens is 3. The summed E-state index contributed by atoms with van der Waals surface area (Å²) < 4.78 is 40.6. The van der Waals surface area contributed by atoms with Crippen molar-refractivity contribution in [2.24, 2.45) is 0 Å². The van der Waals surface area contributed by atoms with Crippen LogP contribution < -0.4 is 4.74 Å². The van der Waals surface area contributed by atoms with Crippen molar-refractivity contribution in [1.29, 1.82) is 0 Å². The average Bonchev–Trinajstić information content (AvgIpc) is 2.75. The molecule has 3 aromatic rings. The molecule has 5 nitrogen and oxygen atoms in total. The third-order valence-corrected chi connectivity index (χ3v) is 4.67. The highest BCUT2D eigenvalue weighted by molar-refractivity contribution is 5.97. The fraction of sp³-hybridized carbons (Fsp3) is 0.174. The Morgan fingerprint density at radius 2 is 1.68 bits per heavy atom. The van der Waals surface area contributed by atoms with Crippen molar-refractivity contribution < 1.29 is 22.7 Å². The van der Waals surface area contributed by atoms with Gasteiger partial charge in [-0.2, -0.15) is 0 Å². The van der Waals surface area contributed by atoms with Crippen molar-refractivity contribution in [3.63, 3.8) is 0 Å². The van der Waals surface area contributed by atoms with E-state index in [0.717, 1.165) is 12.0 Å². The van der Waals surface area contributed by atoms with Crippen molar-refractivity contribution in [3.05, 3.63) is 89.0 Å². The molecule has 156 valence electrons. The van der Waals surface area contributed by atoms with Gasteiger partial charge in [0.25, 0.3) is 5.91 Å². The number of hydrogen-bond donors (Lipinski definition) is 0. The van der Waals surface area contributed by atoms with Crippen LogP contribution in [0.2, 0.25) is 0 Å². The molecule has 1 aromatic heterocycles. The van der Waals surface area contributed by atoms with E-state index >= 15 is 0 Å². The molecule has 31 heavy (non-hydrogen) atoms. The number of carbonyl (C=O) groups excluding carboxylic acids is 1.